The number of hydrogen-bond acceptors (Lipinski definition) is 5. The predicted molar refractivity (Wildman–Crippen MR) is 124 cm³/mol. The summed E-state index contributed by atoms with van der Waals surface area (Å²) in [5, 5.41) is 0. The molecule has 2 aromatic rings. The number of unbranched alkanes of at least 4 members (excludes halogenated alkanes) is 2. The van der Waals surface area contributed by atoms with Crippen molar-refractivity contribution in [1.29, 1.82) is 0 Å². The number of primary amides is 1. The zero-order valence-electron chi connectivity index (χ0n) is 18.2. The minimum absolute atomic E-state index is 0.135. The van der Waals surface area contributed by atoms with Crippen LogP contribution in [0.5, 0.6) is 0 Å². The third-order valence-electron chi connectivity index (χ3n) is 5.02. The van der Waals surface area contributed by atoms with Gasteiger partial charge in [0.15, 0.2) is 0 Å². The van der Waals surface area contributed by atoms with E-state index in [9.17, 15) is 21.6 Å². The lowest BCUT2D eigenvalue weighted by molar-refractivity contribution is -0.119. The molecule has 176 valence electrons. The Morgan fingerprint density at radius 2 is 1.34 bits per heavy atom. The summed E-state index contributed by atoms with van der Waals surface area (Å²) in [4.78, 5) is 12.3. The molecule has 8 nitrogen and oxygen atoms in total. The standard InChI is InChI=1S/C22H31N3O5S2/c1-2-3-16-24-32(29,30)20-14-12-18(13-15-20)21(22(23)26)11-7-8-17-25-31(27,28)19-9-5-4-6-10-19/h4-6,9-10,12-15,21,24-25H,2-3,7-8,11,16-17H2,1H3,(H2,23,26). The first-order valence-corrected chi connectivity index (χ1v) is 13.6. The number of nitrogens with one attached hydrogen (secondary N) is 2. The Morgan fingerprint density at radius 1 is 0.812 bits per heavy atom. The zero-order valence-corrected chi connectivity index (χ0v) is 19.8. The molecular formula is C22H31N3O5S2. The van der Waals surface area contributed by atoms with E-state index >= 15 is 0 Å². The van der Waals surface area contributed by atoms with Gasteiger partial charge in [-0.1, -0.05) is 50.1 Å². The Bertz CT molecular complexity index is 1070. The van der Waals surface area contributed by atoms with Gasteiger partial charge in [0.1, 0.15) is 0 Å². The van der Waals surface area contributed by atoms with Crippen LogP contribution in [0.3, 0.4) is 0 Å². The number of nitrogens with two attached hydrogens (primary N) is 1. The van der Waals surface area contributed by atoms with Gasteiger partial charge in [-0.05, 0) is 49.1 Å². The van der Waals surface area contributed by atoms with Crippen molar-refractivity contribution < 1.29 is 21.6 Å². The summed E-state index contributed by atoms with van der Waals surface area (Å²) in [6.45, 7) is 2.59. The molecule has 0 spiro atoms. The lowest BCUT2D eigenvalue weighted by atomic mass is 9.93. The highest BCUT2D eigenvalue weighted by Gasteiger charge is 2.20. The first-order valence-electron chi connectivity index (χ1n) is 10.6. The largest absolute Gasteiger partial charge is 0.369 e. The van der Waals surface area contributed by atoms with Crippen molar-refractivity contribution in [2.24, 2.45) is 5.73 Å². The Hall–Kier alpha value is -2.27. The van der Waals surface area contributed by atoms with E-state index in [0.29, 0.717) is 31.4 Å². The van der Waals surface area contributed by atoms with E-state index in [-0.39, 0.29) is 16.3 Å². The van der Waals surface area contributed by atoms with Gasteiger partial charge in [0.2, 0.25) is 26.0 Å². The van der Waals surface area contributed by atoms with Crippen molar-refractivity contribution >= 4 is 26.0 Å². The van der Waals surface area contributed by atoms with Gasteiger partial charge < -0.3 is 5.73 Å². The molecule has 0 bridgehead atoms. The summed E-state index contributed by atoms with van der Waals surface area (Å²) in [6, 6.07) is 14.2. The maximum absolute atomic E-state index is 12.3. The molecule has 0 saturated carbocycles. The molecule has 4 N–H and O–H groups in total. The van der Waals surface area contributed by atoms with Gasteiger partial charge >= 0.3 is 0 Å². The zero-order chi connectivity index (χ0) is 23.6. The van der Waals surface area contributed by atoms with Gasteiger partial charge in [-0.2, -0.15) is 0 Å². The molecule has 2 rings (SSSR count). The molecule has 0 fully saturated rings. The Morgan fingerprint density at radius 3 is 1.88 bits per heavy atom. The van der Waals surface area contributed by atoms with Crippen LogP contribution < -0.4 is 15.2 Å². The molecule has 2 aromatic carbocycles. The summed E-state index contributed by atoms with van der Waals surface area (Å²) in [7, 11) is -7.15. The summed E-state index contributed by atoms with van der Waals surface area (Å²) in [6.07, 6.45) is 3.18. The number of sulfonamides is 2. The molecular weight excluding hydrogens is 450 g/mol. The molecule has 1 amide bonds. The normalized spacial score (nSPS) is 13.0. The quantitative estimate of drug-likeness (QED) is 0.356. The van der Waals surface area contributed by atoms with Crippen molar-refractivity contribution in [1.82, 2.24) is 9.44 Å². The topological polar surface area (TPSA) is 135 Å². The molecule has 0 heterocycles. The van der Waals surface area contributed by atoms with E-state index < -0.39 is 31.9 Å². The number of carbonyl (C=O) groups is 1. The first kappa shape index (κ1) is 26.0. The first-order chi connectivity index (χ1) is 15.2. The average Bonchev–Trinajstić information content (AvgIpc) is 2.77. The Labute approximate surface area is 190 Å². The highest BCUT2D eigenvalue weighted by molar-refractivity contribution is 7.89. The molecule has 0 radical (unpaired) electrons. The van der Waals surface area contributed by atoms with Crippen LogP contribution in [0.25, 0.3) is 0 Å². The summed E-state index contributed by atoms with van der Waals surface area (Å²) in [5.41, 5.74) is 6.19. The fourth-order valence-electron chi connectivity index (χ4n) is 3.18. The number of rotatable bonds is 14. The molecule has 0 aliphatic rings. The fraction of sp³-hybridized carbons (Fsp3) is 0.409. The molecule has 1 atom stereocenters. The van der Waals surface area contributed by atoms with E-state index in [1.54, 1.807) is 30.3 Å². The van der Waals surface area contributed by atoms with E-state index in [0.717, 1.165) is 12.8 Å². The number of hydrogen-bond donors (Lipinski definition) is 3. The van der Waals surface area contributed by atoms with Crippen LogP contribution >= 0.6 is 0 Å². The van der Waals surface area contributed by atoms with Crippen molar-refractivity contribution in [2.45, 2.75) is 54.7 Å². The lowest BCUT2D eigenvalue weighted by Gasteiger charge is -2.15. The molecule has 0 saturated heterocycles. The van der Waals surface area contributed by atoms with Crippen LogP contribution in [0.1, 0.15) is 50.5 Å². The third kappa shape index (κ3) is 7.70. The van der Waals surface area contributed by atoms with Gasteiger partial charge in [-0.15, -0.1) is 0 Å². The van der Waals surface area contributed by atoms with Gasteiger partial charge in [0.25, 0.3) is 0 Å². The maximum atomic E-state index is 12.3. The van der Waals surface area contributed by atoms with E-state index in [4.69, 9.17) is 5.73 Å². The van der Waals surface area contributed by atoms with E-state index in [2.05, 4.69) is 9.44 Å². The number of benzene rings is 2. The van der Waals surface area contributed by atoms with Gasteiger partial charge in [0, 0.05) is 13.1 Å². The van der Waals surface area contributed by atoms with E-state index in [1.165, 1.54) is 24.3 Å². The van der Waals surface area contributed by atoms with Crippen LogP contribution in [-0.4, -0.2) is 35.8 Å². The Kier molecular flexibility index (Phi) is 9.83. The second kappa shape index (κ2) is 12.1. The minimum Gasteiger partial charge on any atom is -0.369 e. The minimum atomic E-state index is -3.59. The average molecular weight is 482 g/mol. The number of carbonyl (C=O) groups excluding carboxylic acids is 1. The van der Waals surface area contributed by atoms with Crippen LogP contribution in [-0.2, 0) is 24.8 Å². The molecule has 32 heavy (non-hydrogen) atoms. The van der Waals surface area contributed by atoms with Gasteiger partial charge in [-0.3, -0.25) is 4.79 Å². The number of amides is 1. The maximum Gasteiger partial charge on any atom is 0.240 e. The van der Waals surface area contributed by atoms with Crippen molar-refractivity contribution in [2.75, 3.05) is 13.1 Å². The predicted octanol–water partition coefficient (Wildman–Crippen LogP) is 2.48. The van der Waals surface area contributed by atoms with Crippen molar-refractivity contribution in [3.8, 4) is 0 Å². The SMILES string of the molecule is CCCCNS(=O)(=O)c1ccc(C(CCCCNS(=O)(=O)c2ccccc2)C(N)=O)cc1. The lowest BCUT2D eigenvalue weighted by Crippen LogP contribution is -2.26. The highest BCUT2D eigenvalue weighted by Crippen LogP contribution is 2.23. The highest BCUT2D eigenvalue weighted by atomic mass is 32.2. The van der Waals surface area contributed by atoms with Gasteiger partial charge in [-0.25, -0.2) is 26.3 Å². The summed E-state index contributed by atoms with van der Waals surface area (Å²) in [5.74, 6) is -1.09. The monoisotopic (exact) mass is 481 g/mol. The Balaban J connectivity index is 1.90. The fourth-order valence-corrected chi connectivity index (χ4v) is 5.35. The van der Waals surface area contributed by atoms with Crippen LogP contribution in [0, 0.1) is 0 Å². The second-order valence-electron chi connectivity index (χ2n) is 7.48. The van der Waals surface area contributed by atoms with E-state index in [1.807, 2.05) is 6.92 Å². The molecule has 1 unspecified atom stereocenters. The molecule has 0 aliphatic carbocycles. The summed E-state index contributed by atoms with van der Waals surface area (Å²) < 4.78 is 54.1. The molecule has 10 heteroatoms. The van der Waals surface area contributed by atoms with Crippen LogP contribution in [0.2, 0.25) is 0 Å². The smallest absolute Gasteiger partial charge is 0.240 e. The van der Waals surface area contributed by atoms with Crippen molar-refractivity contribution in [3.05, 3.63) is 60.2 Å². The van der Waals surface area contributed by atoms with Crippen LogP contribution in [0.4, 0.5) is 0 Å². The molecule has 0 aliphatic heterocycles. The van der Waals surface area contributed by atoms with Crippen LogP contribution in [0.15, 0.2) is 64.4 Å². The second-order valence-corrected chi connectivity index (χ2v) is 11.0. The summed E-state index contributed by atoms with van der Waals surface area (Å²) >= 11 is 0. The van der Waals surface area contributed by atoms with Crippen molar-refractivity contribution in [3.63, 3.8) is 0 Å². The molecule has 0 aromatic heterocycles. The third-order valence-corrected chi connectivity index (χ3v) is 7.98. The van der Waals surface area contributed by atoms with Gasteiger partial charge in [0.05, 0.1) is 15.7 Å².